The van der Waals surface area contributed by atoms with Crippen LogP contribution >= 0.6 is 0 Å². The second-order valence-electron chi connectivity index (χ2n) is 27.6. The highest BCUT2D eigenvalue weighted by molar-refractivity contribution is 7.03. The molecule has 4 heterocycles. The van der Waals surface area contributed by atoms with Crippen molar-refractivity contribution < 1.29 is 26.3 Å². The van der Waals surface area contributed by atoms with E-state index >= 15 is 26.3 Å². The molecule has 4 aliphatic rings. The van der Waals surface area contributed by atoms with Crippen LogP contribution in [0.15, 0.2) is 291 Å². The Balaban J connectivity index is 1.05. The first-order valence-electron chi connectivity index (χ1n) is 34.0. The van der Waals surface area contributed by atoms with Crippen LogP contribution in [0.3, 0.4) is 0 Å². The summed E-state index contributed by atoms with van der Waals surface area (Å²) in [5, 5.41) is 5.56. The summed E-state index contributed by atoms with van der Waals surface area (Å²) >= 11 is 0. The van der Waals surface area contributed by atoms with Gasteiger partial charge in [-0.1, -0.05) is 275 Å². The molecule has 0 fully saturated rings. The van der Waals surface area contributed by atoms with Gasteiger partial charge in [-0.05, 0) is 240 Å². The zero-order chi connectivity index (χ0) is 67.2. The first kappa shape index (κ1) is 58.4. The lowest BCUT2D eigenvalue weighted by atomic mass is 9.34. The van der Waals surface area contributed by atoms with Gasteiger partial charge in [0.15, 0.2) is 0 Å². The highest BCUT2D eigenvalue weighted by Gasteiger charge is 2.47. The largest absolute Gasteiger partial charge is 0.416 e. The first-order chi connectivity index (χ1) is 48.7. The lowest BCUT2D eigenvalue weighted by Gasteiger charge is -2.34. The molecule has 20 rings (SSSR count). The molecule has 0 bridgehead atoms. The summed E-state index contributed by atoms with van der Waals surface area (Å²) in [5.74, 6) is 0. The van der Waals surface area contributed by atoms with Crippen molar-refractivity contribution in [3.8, 4) is 134 Å². The van der Waals surface area contributed by atoms with Crippen molar-refractivity contribution in [3.05, 3.63) is 313 Å². The van der Waals surface area contributed by atoms with Gasteiger partial charge in [-0.3, -0.25) is 0 Å². The molecule has 0 N–H and O–H groups in total. The number of hydrogen-bond donors (Lipinski definition) is 0. The zero-order valence-corrected chi connectivity index (χ0v) is 54.1. The number of rotatable bonds is 8. The van der Waals surface area contributed by atoms with Crippen LogP contribution in [0.25, 0.3) is 166 Å². The van der Waals surface area contributed by atoms with Gasteiger partial charge in [-0.25, -0.2) is 0 Å². The molecule has 0 aromatic heterocycles. The number of alkyl halides is 6. The lowest BCUT2D eigenvalue weighted by Crippen LogP contribution is -2.53. The minimum Gasteiger partial charge on any atom is -0.166 e. The first-order valence-corrected chi connectivity index (χ1v) is 34.0. The highest BCUT2D eigenvalue weighted by atomic mass is 19.4. The fourth-order valence-electron chi connectivity index (χ4n) is 17.9. The Morgan fingerprint density at radius 2 is 0.540 bits per heavy atom. The molecule has 100 heavy (non-hydrogen) atoms. The Morgan fingerprint density at radius 3 is 0.930 bits per heavy atom. The second kappa shape index (κ2) is 21.4. The van der Waals surface area contributed by atoms with Gasteiger partial charge in [0, 0.05) is 0 Å². The zero-order valence-electron chi connectivity index (χ0n) is 54.1. The van der Waals surface area contributed by atoms with E-state index in [9.17, 15) is 0 Å². The third-order valence-electron chi connectivity index (χ3n) is 21.9. The van der Waals surface area contributed by atoms with Crippen LogP contribution in [0.5, 0.6) is 0 Å². The lowest BCUT2D eigenvalue weighted by molar-refractivity contribution is -0.138. The smallest absolute Gasteiger partial charge is 0.166 e. The van der Waals surface area contributed by atoms with Crippen LogP contribution in [0.2, 0.25) is 0 Å². The maximum absolute atomic E-state index is 16.2. The molecule has 0 saturated heterocycles. The molecule has 0 spiro atoms. The Bertz CT molecular complexity index is 6040. The number of halogens is 6. The molecule has 0 aliphatic carbocycles. The summed E-state index contributed by atoms with van der Waals surface area (Å²) in [6, 6.07) is 98.9. The molecule has 470 valence electrons. The van der Waals surface area contributed by atoms with Crippen LogP contribution in [-0.2, 0) is 12.4 Å². The Labute approximate surface area is 574 Å². The van der Waals surface area contributed by atoms with Gasteiger partial charge in [-0.15, -0.1) is 0 Å². The summed E-state index contributed by atoms with van der Waals surface area (Å²) in [7, 11) is 0. The molecule has 4 aliphatic heterocycles. The quantitative estimate of drug-likeness (QED) is 0.0808. The van der Waals surface area contributed by atoms with E-state index in [4.69, 9.17) is 0 Å². The van der Waals surface area contributed by atoms with Gasteiger partial charge in [0.05, 0.1) is 11.1 Å². The third kappa shape index (κ3) is 8.59. The number of aryl methyl sites for hydroxylation is 2. The summed E-state index contributed by atoms with van der Waals surface area (Å²) in [6.07, 6.45) is -9.65. The van der Waals surface area contributed by atoms with Gasteiger partial charge < -0.3 is 0 Å². The number of hydrogen-bond acceptors (Lipinski definition) is 0. The van der Waals surface area contributed by atoms with Crippen molar-refractivity contribution in [2.45, 2.75) is 26.2 Å². The minimum atomic E-state index is -4.87. The predicted molar refractivity (Wildman–Crippen MR) is 404 cm³/mol. The molecule has 0 radical (unpaired) electrons. The average molecular weight is 1300 g/mol. The fraction of sp³-hybridized carbons (Fsp3) is 0.0435. The van der Waals surface area contributed by atoms with E-state index in [-0.39, 0.29) is 17.8 Å². The second-order valence-corrected chi connectivity index (χ2v) is 27.6. The summed E-state index contributed by atoms with van der Waals surface area (Å²) in [6.45, 7) is 3.35. The van der Waals surface area contributed by atoms with Gasteiger partial charge in [0.1, 0.15) is 0 Å². The number of fused-ring (bicyclic) bond motifs is 10. The molecule has 16 aromatic carbocycles. The van der Waals surface area contributed by atoms with Crippen LogP contribution in [0.1, 0.15) is 22.3 Å². The summed E-state index contributed by atoms with van der Waals surface area (Å²) in [4.78, 5) is 0. The number of benzene rings is 16. The summed E-state index contributed by atoms with van der Waals surface area (Å²) < 4.78 is 94.5. The standard InChI is InChI=1S/C92H54B2F6/c1-51-33-35-79-67(37-51)75-38-52(2)39-76-71-47-69(83-63(55-25-13-5-14-26-55)40-59(53-21-9-3-10-22-53)41-64(83)56-27-15-6-16-28-56)73-50-82-86-72(78-46-62(92(98,99)100)45-77-68-44-61(91(95,96)97)34-36-80(68)94(82)90(77)78)48-70(74-49-81(93(79)89(75)76)85(71)87(73)88(74)86)84-65(57-29-17-7-18-30-57)42-60(54-23-11-4-12-24-54)43-66(84)58-31-19-8-20-32-58/h3-50H,1-2H3. The predicted octanol–water partition coefficient (Wildman–Crippen LogP) is 21.5. The Hall–Kier alpha value is -11.7. The van der Waals surface area contributed by atoms with E-state index in [0.717, 1.165) is 173 Å². The Morgan fingerprint density at radius 1 is 0.220 bits per heavy atom. The molecular formula is C92H54B2F6. The van der Waals surface area contributed by atoms with Crippen LogP contribution in [0, 0.1) is 13.8 Å². The monoisotopic (exact) mass is 1290 g/mol. The van der Waals surface area contributed by atoms with Gasteiger partial charge in [0.2, 0.25) is 13.4 Å². The van der Waals surface area contributed by atoms with Gasteiger partial charge in [-0.2, -0.15) is 26.3 Å². The van der Waals surface area contributed by atoms with Crippen molar-refractivity contribution in [3.63, 3.8) is 0 Å². The van der Waals surface area contributed by atoms with E-state index in [0.29, 0.717) is 22.1 Å². The van der Waals surface area contributed by atoms with Crippen molar-refractivity contribution >= 4 is 78.5 Å². The molecule has 0 unspecified atom stereocenters. The van der Waals surface area contributed by atoms with Crippen molar-refractivity contribution in [2.75, 3.05) is 0 Å². The fourth-order valence-corrected chi connectivity index (χ4v) is 17.9. The van der Waals surface area contributed by atoms with Gasteiger partial charge >= 0.3 is 12.4 Å². The van der Waals surface area contributed by atoms with E-state index in [1.54, 1.807) is 0 Å². The van der Waals surface area contributed by atoms with Crippen molar-refractivity contribution in [1.29, 1.82) is 0 Å². The third-order valence-corrected chi connectivity index (χ3v) is 21.9. The molecular weight excluding hydrogens is 1240 g/mol. The van der Waals surface area contributed by atoms with E-state index < -0.39 is 30.2 Å². The Kier molecular flexibility index (Phi) is 12.5. The normalized spacial score (nSPS) is 13.0. The van der Waals surface area contributed by atoms with Crippen molar-refractivity contribution in [2.24, 2.45) is 0 Å². The van der Waals surface area contributed by atoms with Crippen LogP contribution in [0.4, 0.5) is 26.3 Å². The summed E-state index contributed by atoms with van der Waals surface area (Å²) in [5.41, 5.74) is 27.2. The molecule has 16 aromatic rings. The molecule has 0 saturated carbocycles. The molecule has 0 atom stereocenters. The molecule has 0 amide bonds. The average Bonchev–Trinajstić information content (AvgIpc) is 1.15. The minimum absolute atomic E-state index is 0.144. The maximum Gasteiger partial charge on any atom is 0.416 e. The maximum atomic E-state index is 16.2. The van der Waals surface area contributed by atoms with E-state index in [1.807, 2.05) is 72.8 Å². The molecule has 0 nitrogen and oxygen atoms in total. The molecule has 8 heteroatoms. The van der Waals surface area contributed by atoms with E-state index in [2.05, 4.69) is 202 Å². The van der Waals surface area contributed by atoms with E-state index in [1.165, 1.54) is 34.2 Å². The van der Waals surface area contributed by atoms with Crippen molar-refractivity contribution in [1.82, 2.24) is 0 Å². The SMILES string of the molecule is Cc1ccc2c(c1)-c1cc(C)cc3c1B2c1cc2c(-c4c(-c5ccccc5)cc(-c5ccccc5)cc4-c4ccccc4)cc4c5c(cc6c(-c7c(-c8ccccc8)cc(-c8ccccc8)cc7-c7ccccc7)cc-3c1c6c25)B1c2ccc(C(F)(F)F)cc2-c2cc(C(F)(F)F)cc-4c21. The highest BCUT2D eigenvalue weighted by Crippen LogP contribution is 2.56. The topological polar surface area (TPSA) is 0 Å². The van der Waals surface area contributed by atoms with Crippen LogP contribution in [-0.4, -0.2) is 13.4 Å². The van der Waals surface area contributed by atoms with Crippen LogP contribution < -0.4 is 32.8 Å². The van der Waals surface area contributed by atoms with Gasteiger partial charge in [0.25, 0.3) is 0 Å².